The van der Waals surface area contributed by atoms with Gasteiger partial charge in [-0.25, -0.2) is 0 Å². The van der Waals surface area contributed by atoms with E-state index in [0.717, 1.165) is 0 Å². The van der Waals surface area contributed by atoms with Crippen LogP contribution in [0.15, 0.2) is 0 Å². The molecule has 0 aromatic rings. The van der Waals surface area contributed by atoms with Crippen LogP contribution in [-0.2, 0) is 15.2 Å². The summed E-state index contributed by atoms with van der Waals surface area (Å²) in [6, 6.07) is 0. The van der Waals surface area contributed by atoms with E-state index in [-0.39, 0.29) is 6.54 Å². The van der Waals surface area contributed by atoms with Crippen LogP contribution in [0.2, 0.25) is 0 Å². The summed E-state index contributed by atoms with van der Waals surface area (Å²) in [6.07, 6.45) is 0. The second kappa shape index (κ2) is 2.02. The second-order valence-corrected chi connectivity index (χ2v) is 3.81. The fraction of sp³-hybridized carbons (Fsp3) is 0.667. The second-order valence-electron chi connectivity index (χ2n) is 1.80. The summed E-state index contributed by atoms with van der Waals surface area (Å²) in [5.74, 6) is -0.448. The third-order valence-electron chi connectivity index (χ3n) is 1.18. The van der Waals surface area contributed by atoms with Gasteiger partial charge >= 0.3 is 0 Å². The Bertz CT molecular complexity index is 153. The molecule has 0 bridgehead atoms. The molecule has 4 nitrogen and oxygen atoms in total. The van der Waals surface area contributed by atoms with Crippen molar-refractivity contribution in [3.8, 4) is 0 Å². The fourth-order valence-electron chi connectivity index (χ4n) is 0.464. The zero-order valence-electron chi connectivity index (χ0n) is 4.39. The molecule has 1 aliphatic heterocycles. The van der Waals surface area contributed by atoms with Gasteiger partial charge in [0.15, 0.2) is 10.7 Å². The van der Waals surface area contributed by atoms with Gasteiger partial charge in [0, 0.05) is 0 Å². The van der Waals surface area contributed by atoms with E-state index in [4.69, 9.17) is 16.4 Å². The lowest BCUT2D eigenvalue weighted by Gasteiger charge is -2.33. The van der Waals surface area contributed by atoms with Crippen LogP contribution in [0, 0.1) is 0 Å². The van der Waals surface area contributed by atoms with Crippen molar-refractivity contribution in [2.24, 2.45) is 5.73 Å². The lowest BCUT2D eigenvalue weighted by molar-refractivity contribution is -0.128. The molecular formula is C3H5ClN2O2S. The van der Waals surface area contributed by atoms with Crippen LogP contribution in [0.3, 0.4) is 0 Å². The van der Waals surface area contributed by atoms with Gasteiger partial charge in [-0.05, 0) is 0 Å². The van der Waals surface area contributed by atoms with Crippen LogP contribution in [0.4, 0.5) is 0 Å². The molecule has 6 heteroatoms. The van der Waals surface area contributed by atoms with E-state index in [2.05, 4.69) is 5.32 Å². The van der Waals surface area contributed by atoms with E-state index in [1.54, 1.807) is 0 Å². The maximum Gasteiger partial charge on any atom is 0.295 e. The molecule has 2 unspecified atom stereocenters. The van der Waals surface area contributed by atoms with Crippen LogP contribution in [0.1, 0.15) is 0 Å². The Morgan fingerprint density at radius 2 is 2.56 bits per heavy atom. The van der Waals surface area contributed by atoms with E-state index >= 15 is 0 Å². The smallest absolute Gasteiger partial charge is 0.295 e. The van der Waals surface area contributed by atoms with Crippen molar-refractivity contribution >= 4 is 27.0 Å². The van der Waals surface area contributed by atoms with Gasteiger partial charge in [-0.3, -0.25) is 10.5 Å². The molecule has 1 aliphatic rings. The lowest BCUT2D eigenvalue weighted by Crippen LogP contribution is -2.73. The van der Waals surface area contributed by atoms with Crippen LogP contribution >= 0.6 is 10.7 Å². The molecular weight excluding hydrogens is 164 g/mol. The number of halogens is 1. The van der Waals surface area contributed by atoms with Crippen LogP contribution < -0.4 is 11.1 Å². The molecule has 1 fully saturated rings. The number of amides is 1. The molecule has 9 heavy (non-hydrogen) atoms. The number of β-lactam (4-membered cyclic amide) rings is 1. The van der Waals surface area contributed by atoms with Gasteiger partial charge in [0.1, 0.15) is 0 Å². The lowest BCUT2D eigenvalue weighted by atomic mass is 10.2. The topological polar surface area (TPSA) is 78.2 Å². The van der Waals surface area contributed by atoms with Gasteiger partial charge in [-0.15, -0.1) is 0 Å². The van der Waals surface area contributed by atoms with E-state index in [1.807, 2.05) is 0 Å². The van der Waals surface area contributed by atoms with Gasteiger partial charge < -0.3 is 9.87 Å². The van der Waals surface area contributed by atoms with Gasteiger partial charge in [-0.2, -0.15) is 0 Å². The first-order chi connectivity index (χ1) is 4.07. The van der Waals surface area contributed by atoms with Crippen LogP contribution in [0.25, 0.3) is 0 Å². The molecule has 1 rings (SSSR count). The van der Waals surface area contributed by atoms with E-state index in [1.165, 1.54) is 0 Å². The number of rotatable bonds is 1. The minimum absolute atomic E-state index is 0.196. The largest absolute Gasteiger partial charge is 0.597 e. The van der Waals surface area contributed by atoms with Gasteiger partial charge in [0.05, 0.1) is 16.9 Å². The molecule has 1 heterocycles. The fourth-order valence-corrected chi connectivity index (χ4v) is 1.24. The molecule has 0 spiro atoms. The maximum absolute atomic E-state index is 10.5. The van der Waals surface area contributed by atoms with Gasteiger partial charge in [-0.1, -0.05) is 0 Å². The molecule has 0 aromatic heterocycles. The minimum atomic E-state index is -1.78. The monoisotopic (exact) mass is 168 g/mol. The van der Waals surface area contributed by atoms with E-state index in [9.17, 15) is 9.35 Å². The number of nitrogens with one attached hydrogen (secondary N) is 1. The molecule has 0 aliphatic carbocycles. The Hall–Kier alpha value is 0.0300. The van der Waals surface area contributed by atoms with Crippen molar-refractivity contribution in [3.63, 3.8) is 0 Å². The van der Waals surface area contributed by atoms with Gasteiger partial charge in [0.2, 0.25) is 0 Å². The summed E-state index contributed by atoms with van der Waals surface area (Å²) in [7, 11) is 3.32. The van der Waals surface area contributed by atoms with Crippen molar-refractivity contribution in [2.75, 3.05) is 6.54 Å². The van der Waals surface area contributed by atoms with Crippen LogP contribution in [0.5, 0.6) is 0 Å². The summed E-state index contributed by atoms with van der Waals surface area (Å²) >= 11 is 0. The summed E-state index contributed by atoms with van der Waals surface area (Å²) in [4.78, 5) is 9.15. The quantitative estimate of drug-likeness (QED) is 0.376. The third-order valence-corrected chi connectivity index (χ3v) is 2.91. The highest BCUT2D eigenvalue weighted by Crippen LogP contribution is 2.20. The number of carbonyl (C=O) groups is 1. The Kier molecular flexibility index (Phi) is 1.60. The van der Waals surface area contributed by atoms with E-state index in [0.29, 0.717) is 0 Å². The highest BCUT2D eigenvalue weighted by atomic mass is 35.7. The standard InChI is InChI=1S/C3H5ClN2O2S/c4-9(8)3(5)1-6-2(3)7/h1,5H2,(H,6,7). The zero-order valence-corrected chi connectivity index (χ0v) is 5.96. The van der Waals surface area contributed by atoms with Crippen molar-refractivity contribution < 1.29 is 9.35 Å². The van der Waals surface area contributed by atoms with E-state index < -0.39 is 21.2 Å². The molecule has 2 atom stereocenters. The minimum Gasteiger partial charge on any atom is -0.597 e. The molecule has 0 radical (unpaired) electrons. The highest BCUT2D eigenvalue weighted by molar-refractivity contribution is 8.15. The predicted octanol–water partition coefficient (Wildman–Crippen LogP) is -1.33. The predicted molar refractivity (Wildman–Crippen MR) is 33.9 cm³/mol. The molecule has 52 valence electrons. The highest BCUT2D eigenvalue weighted by Gasteiger charge is 2.54. The Morgan fingerprint density at radius 1 is 2.00 bits per heavy atom. The summed E-state index contributed by atoms with van der Waals surface area (Å²) in [5.41, 5.74) is 5.24. The van der Waals surface area contributed by atoms with Crippen molar-refractivity contribution in [1.29, 1.82) is 0 Å². The van der Waals surface area contributed by atoms with Crippen molar-refractivity contribution in [1.82, 2.24) is 5.32 Å². The Morgan fingerprint density at radius 3 is 2.56 bits per heavy atom. The molecule has 1 saturated heterocycles. The SMILES string of the molecule is NC1([S+]([O-])Cl)CNC1=O. The number of nitrogens with two attached hydrogens (primary N) is 1. The summed E-state index contributed by atoms with van der Waals surface area (Å²) in [5, 5.41) is 2.34. The Labute approximate surface area is 59.4 Å². The van der Waals surface area contributed by atoms with Crippen molar-refractivity contribution in [3.05, 3.63) is 0 Å². The summed E-state index contributed by atoms with van der Waals surface area (Å²) < 4.78 is 10.4. The number of hydrogen-bond donors (Lipinski definition) is 2. The van der Waals surface area contributed by atoms with Gasteiger partial charge in [0.25, 0.3) is 10.8 Å². The third kappa shape index (κ3) is 0.898. The zero-order chi connectivity index (χ0) is 7.07. The first-order valence-corrected chi connectivity index (χ1v) is 4.20. The first kappa shape index (κ1) is 7.14. The average molecular weight is 169 g/mol. The molecule has 0 saturated carbocycles. The number of carbonyl (C=O) groups excluding carboxylic acids is 1. The maximum atomic E-state index is 10.5. The molecule has 3 N–H and O–H groups in total. The van der Waals surface area contributed by atoms with Crippen LogP contribution in [-0.4, -0.2) is 21.9 Å². The molecule has 1 amide bonds. The van der Waals surface area contributed by atoms with Crippen molar-refractivity contribution in [2.45, 2.75) is 4.87 Å². The summed E-state index contributed by atoms with van der Waals surface area (Å²) in [6.45, 7) is 0.196. The normalized spacial score (nSPS) is 37.0. The molecule has 0 aromatic carbocycles. The first-order valence-electron chi connectivity index (χ1n) is 2.23. The Balaban J connectivity index is 2.64. The average Bonchev–Trinajstić information content (AvgIpc) is 1.82. The number of hydrogen-bond acceptors (Lipinski definition) is 3.